The van der Waals surface area contributed by atoms with E-state index in [0.717, 1.165) is 49.4 Å². The van der Waals surface area contributed by atoms with Crippen molar-refractivity contribution >= 4 is 5.91 Å². The monoisotopic (exact) mass is 341 g/mol. The number of carbonyl (C=O) groups excluding carboxylic acids is 1. The maximum absolute atomic E-state index is 12.2. The summed E-state index contributed by atoms with van der Waals surface area (Å²) in [5, 5.41) is 10.6. The van der Waals surface area contributed by atoms with Gasteiger partial charge in [0.2, 0.25) is 5.91 Å². The first kappa shape index (κ1) is 17.6. The predicted molar refractivity (Wildman–Crippen MR) is 98.8 cm³/mol. The molecule has 0 radical (unpaired) electrons. The number of aromatic amines is 1. The average molecular weight is 341 g/mol. The van der Waals surface area contributed by atoms with Crippen molar-refractivity contribution in [2.24, 2.45) is 11.7 Å². The maximum atomic E-state index is 12.2. The fraction of sp³-hybridized carbons (Fsp3) is 0.474. The standard InChI is InChI=1S/C19H27N5O/c1-14-17(22-23-18(14)15-6-3-2-4-7-15)13-24-11-5-8-16(12-24)19(25)21-10-9-20/h2-4,6-7,16H,5,8-13,20H2,1H3,(H,21,25)(H,22,23). The molecule has 2 heterocycles. The number of carbonyl (C=O) groups is 1. The van der Waals surface area contributed by atoms with Gasteiger partial charge in [0.05, 0.1) is 17.3 Å². The number of nitrogens with two attached hydrogens (primary N) is 1. The number of nitrogens with one attached hydrogen (secondary N) is 2. The van der Waals surface area contributed by atoms with Gasteiger partial charge in [0.1, 0.15) is 0 Å². The van der Waals surface area contributed by atoms with Crippen LogP contribution < -0.4 is 11.1 Å². The molecule has 1 aliphatic rings. The number of H-pyrrole nitrogens is 1. The molecular formula is C19H27N5O. The van der Waals surface area contributed by atoms with Gasteiger partial charge in [-0.1, -0.05) is 30.3 Å². The molecule has 1 saturated heterocycles. The Bertz CT molecular complexity index is 697. The predicted octanol–water partition coefficient (Wildman–Crippen LogP) is 1.67. The van der Waals surface area contributed by atoms with E-state index in [1.807, 2.05) is 18.2 Å². The summed E-state index contributed by atoms with van der Waals surface area (Å²) in [6, 6.07) is 10.2. The lowest BCUT2D eigenvalue weighted by Gasteiger charge is -2.31. The molecule has 0 bridgehead atoms. The molecule has 1 fully saturated rings. The van der Waals surface area contributed by atoms with Crippen LogP contribution in [0.2, 0.25) is 0 Å². The number of rotatable bonds is 6. The van der Waals surface area contributed by atoms with Crippen molar-refractivity contribution in [2.45, 2.75) is 26.3 Å². The van der Waals surface area contributed by atoms with E-state index in [2.05, 4.69) is 39.5 Å². The quantitative estimate of drug-likeness (QED) is 0.746. The van der Waals surface area contributed by atoms with Gasteiger partial charge in [0.15, 0.2) is 0 Å². The molecule has 4 N–H and O–H groups in total. The fourth-order valence-corrected chi connectivity index (χ4v) is 3.44. The van der Waals surface area contributed by atoms with Gasteiger partial charge in [-0.15, -0.1) is 0 Å². The Morgan fingerprint density at radius 2 is 2.20 bits per heavy atom. The number of amides is 1. The summed E-state index contributed by atoms with van der Waals surface area (Å²) < 4.78 is 0. The van der Waals surface area contributed by atoms with Crippen LogP contribution in [0.15, 0.2) is 30.3 Å². The molecule has 1 unspecified atom stereocenters. The Morgan fingerprint density at radius 1 is 1.40 bits per heavy atom. The van der Waals surface area contributed by atoms with Crippen LogP contribution in [0.25, 0.3) is 11.3 Å². The highest BCUT2D eigenvalue weighted by Crippen LogP contribution is 2.25. The van der Waals surface area contributed by atoms with Gasteiger partial charge in [0.25, 0.3) is 0 Å². The van der Waals surface area contributed by atoms with Gasteiger partial charge in [-0.2, -0.15) is 5.10 Å². The van der Waals surface area contributed by atoms with Crippen LogP contribution in [0.3, 0.4) is 0 Å². The fourth-order valence-electron chi connectivity index (χ4n) is 3.44. The first-order valence-corrected chi connectivity index (χ1v) is 8.98. The van der Waals surface area contributed by atoms with Crippen LogP contribution in [0.4, 0.5) is 0 Å². The highest BCUT2D eigenvalue weighted by molar-refractivity contribution is 5.78. The van der Waals surface area contributed by atoms with Gasteiger partial charge in [0, 0.05) is 31.7 Å². The van der Waals surface area contributed by atoms with Gasteiger partial charge in [-0.05, 0) is 31.9 Å². The van der Waals surface area contributed by atoms with Crippen molar-refractivity contribution in [3.8, 4) is 11.3 Å². The largest absolute Gasteiger partial charge is 0.355 e. The molecule has 0 spiro atoms. The molecule has 1 atom stereocenters. The number of piperidine rings is 1. The Hall–Kier alpha value is -2.18. The van der Waals surface area contributed by atoms with Gasteiger partial charge in [-0.25, -0.2) is 0 Å². The molecule has 6 nitrogen and oxygen atoms in total. The highest BCUT2D eigenvalue weighted by Gasteiger charge is 2.26. The third-order valence-corrected chi connectivity index (χ3v) is 4.86. The zero-order valence-corrected chi connectivity index (χ0v) is 14.8. The van der Waals surface area contributed by atoms with Crippen molar-refractivity contribution in [3.63, 3.8) is 0 Å². The number of nitrogens with zero attached hydrogens (tertiary/aromatic N) is 2. The maximum Gasteiger partial charge on any atom is 0.224 e. The van der Waals surface area contributed by atoms with E-state index in [9.17, 15) is 4.79 Å². The molecule has 6 heteroatoms. The van der Waals surface area contributed by atoms with E-state index in [1.165, 1.54) is 5.56 Å². The lowest BCUT2D eigenvalue weighted by molar-refractivity contribution is -0.126. The molecule has 134 valence electrons. The number of hydrogen-bond acceptors (Lipinski definition) is 4. The summed E-state index contributed by atoms with van der Waals surface area (Å²) in [4.78, 5) is 14.5. The summed E-state index contributed by atoms with van der Waals surface area (Å²) in [6.45, 7) is 5.74. The summed E-state index contributed by atoms with van der Waals surface area (Å²) in [6.07, 6.45) is 1.99. The van der Waals surface area contributed by atoms with Crippen molar-refractivity contribution in [1.82, 2.24) is 20.4 Å². The first-order valence-electron chi connectivity index (χ1n) is 8.98. The van der Waals surface area contributed by atoms with Gasteiger partial charge in [-0.3, -0.25) is 14.8 Å². The minimum atomic E-state index is 0.0529. The van der Waals surface area contributed by atoms with Gasteiger partial charge >= 0.3 is 0 Å². The lowest BCUT2D eigenvalue weighted by atomic mass is 9.96. The van der Waals surface area contributed by atoms with Crippen LogP contribution >= 0.6 is 0 Å². The molecule has 0 saturated carbocycles. The van der Waals surface area contributed by atoms with E-state index in [-0.39, 0.29) is 11.8 Å². The minimum absolute atomic E-state index is 0.0529. The number of hydrogen-bond donors (Lipinski definition) is 3. The van der Waals surface area contributed by atoms with Crippen LogP contribution in [-0.4, -0.2) is 47.2 Å². The molecule has 2 aromatic rings. The van der Waals surface area contributed by atoms with Crippen molar-refractivity contribution < 1.29 is 4.79 Å². The Labute approximate surface area is 148 Å². The van der Waals surface area contributed by atoms with E-state index in [4.69, 9.17) is 5.73 Å². The zero-order chi connectivity index (χ0) is 17.6. The van der Waals surface area contributed by atoms with E-state index < -0.39 is 0 Å². The second-order valence-corrected chi connectivity index (χ2v) is 6.70. The van der Waals surface area contributed by atoms with E-state index >= 15 is 0 Å². The highest BCUT2D eigenvalue weighted by atomic mass is 16.1. The molecular weight excluding hydrogens is 314 g/mol. The van der Waals surface area contributed by atoms with Crippen LogP contribution in [0, 0.1) is 12.8 Å². The topological polar surface area (TPSA) is 87.0 Å². The molecule has 3 rings (SSSR count). The van der Waals surface area contributed by atoms with Crippen LogP contribution in [0.1, 0.15) is 24.1 Å². The van der Waals surface area contributed by atoms with E-state index in [0.29, 0.717) is 13.1 Å². The van der Waals surface area contributed by atoms with Crippen molar-refractivity contribution in [1.29, 1.82) is 0 Å². The number of aromatic nitrogens is 2. The van der Waals surface area contributed by atoms with Crippen LogP contribution in [0.5, 0.6) is 0 Å². The average Bonchev–Trinajstić information content (AvgIpc) is 3.01. The molecule has 1 aromatic carbocycles. The summed E-state index contributed by atoms with van der Waals surface area (Å²) >= 11 is 0. The van der Waals surface area contributed by atoms with Gasteiger partial charge < -0.3 is 11.1 Å². The Kier molecular flexibility index (Phi) is 5.83. The van der Waals surface area contributed by atoms with E-state index in [1.54, 1.807) is 0 Å². The third kappa shape index (κ3) is 4.27. The number of likely N-dealkylation sites (tertiary alicyclic amines) is 1. The molecule has 1 aliphatic heterocycles. The molecule has 1 aromatic heterocycles. The second-order valence-electron chi connectivity index (χ2n) is 6.70. The lowest BCUT2D eigenvalue weighted by Crippen LogP contribution is -2.43. The minimum Gasteiger partial charge on any atom is -0.355 e. The molecule has 25 heavy (non-hydrogen) atoms. The van der Waals surface area contributed by atoms with Crippen molar-refractivity contribution in [3.05, 3.63) is 41.6 Å². The van der Waals surface area contributed by atoms with Crippen molar-refractivity contribution in [2.75, 3.05) is 26.2 Å². The summed E-state index contributed by atoms with van der Waals surface area (Å²) in [5.74, 6) is 0.179. The molecule has 1 amide bonds. The Balaban J connectivity index is 1.64. The van der Waals surface area contributed by atoms with Crippen LogP contribution in [-0.2, 0) is 11.3 Å². The SMILES string of the molecule is Cc1c(-c2ccccc2)n[nH]c1CN1CCCC(C(=O)NCCN)C1. The number of benzene rings is 1. The zero-order valence-electron chi connectivity index (χ0n) is 14.8. The first-order chi connectivity index (χ1) is 12.2. The summed E-state index contributed by atoms with van der Waals surface area (Å²) in [7, 11) is 0. The summed E-state index contributed by atoms with van der Waals surface area (Å²) in [5.41, 5.74) is 9.90. The smallest absolute Gasteiger partial charge is 0.224 e. The molecule has 0 aliphatic carbocycles. The Morgan fingerprint density at radius 3 is 2.96 bits per heavy atom. The normalized spacial score (nSPS) is 18.2. The second kappa shape index (κ2) is 8.27. The third-order valence-electron chi connectivity index (χ3n) is 4.86.